The third-order valence-corrected chi connectivity index (χ3v) is 5.44. The summed E-state index contributed by atoms with van der Waals surface area (Å²) in [5, 5.41) is 10.8. The summed E-state index contributed by atoms with van der Waals surface area (Å²) in [4.78, 5) is 19.3. The first kappa shape index (κ1) is 24.6. The highest BCUT2D eigenvalue weighted by Crippen LogP contribution is 2.15. The molecule has 8 heteroatoms. The van der Waals surface area contributed by atoms with Gasteiger partial charge < -0.3 is 20.3 Å². The number of carbonyl (C=O) groups excluding carboxylic acids is 1. The number of carbonyl (C=O) groups is 1. The standard InChI is InChI=1S/C22H30N4O2S.HI/c1-4-23-22(25-12-19-9-10-29-15-19)24-11-18-5-7-20(8-6-18)21(27)26-13-16(2)28-17(3)14-26;/h5-10,15-17H,4,11-14H2,1-3H3,(H2,23,24,25);1H. The van der Waals surface area contributed by atoms with Crippen molar-refractivity contribution in [3.05, 3.63) is 57.8 Å². The summed E-state index contributed by atoms with van der Waals surface area (Å²) >= 11 is 1.68. The van der Waals surface area contributed by atoms with Gasteiger partial charge in [0.2, 0.25) is 0 Å². The number of morpholine rings is 1. The lowest BCUT2D eigenvalue weighted by Crippen LogP contribution is -2.48. The van der Waals surface area contributed by atoms with Crippen molar-refractivity contribution < 1.29 is 9.53 Å². The Balaban J connectivity index is 0.00000320. The van der Waals surface area contributed by atoms with Gasteiger partial charge in [0.05, 0.1) is 18.8 Å². The fourth-order valence-electron chi connectivity index (χ4n) is 3.37. The molecule has 1 saturated heterocycles. The van der Waals surface area contributed by atoms with E-state index in [2.05, 4.69) is 39.4 Å². The van der Waals surface area contributed by atoms with E-state index in [1.54, 1.807) is 11.3 Å². The minimum Gasteiger partial charge on any atom is -0.372 e. The van der Waals surface area contributed by atoms with Gasteiger partial charge in [-0.25, -0.2) is 4.99 Å². The minimum absolute atomic E-state index is 0. The normalized spacial score (nSPS) is 19.2. The number of guanidine groups is 1. The van der Waals surface area contributed by atoms with Gasteiger partial charge in [0.15, 0.2) is 5.96 Å². The highest BCUT2D eigenvalue weighted by molar-refractivity contribution is 14.0. The molecule has 2 aromatic rings. The quantitative estimate of drug-likeness (QED) is 0.331. The third-order valence-electron chi connectivity index (χ3n) is 4.71. The Morgan fingerprint density at radius 1 is 1.13 bits per heavy atom. The van der Waals surface area contributed by atoms with Crippen LogP contribution in [0.1, 0.15) is 42.3 Å². The number of amides is 1. The van der Waals surface area contributed by atoms with Crippen molar-refractivity contribution in [3.63, 3.8) is 0 Å². The maximum atomic E-state index is 12.8. The molecule has 3 rings (SSSR count). The van der Waals surface area contributed by atoms with E-state index in [0.717, 1.165) is 18.1 Å². The smallest absolute Gasteiger partial charge is 0.254 e. The van der Waals surface area contributed by atoms with Crippen molar-refractivity contribution in [1.82, 2.24) is 15.5 Å². The Kier molecular flexibility index (Phi) is 10.1. The Hall–Kier alpha value is -1.65. The van der Waals surface area contributed by atoms with Crippen LogP contribution in [0.2, 0.25) is 0 Å². The lowest BCUT2D eigenvalue weighted by molar-refractivity contribution is -0.0586. The van der Waals surface area contributed by atoms with E-state index < -0.39 is 0 Å². The summed E-state index contributed by atoms with van der Waals surface area (Å²) in [6.07, 6.45) is 0.146. The molecule has 2 N–H and O–H groups in total. The molecule has 164 valence electrons. The largest absolute Gasteiger partial charge is 0.372 e. The number of nitrogens with one attached hydrogen (secondary N) is 2. The number of halogens is 1. The number of rotatable bonds is 6. The van der Waals surface area contributed by atoms with Crippen molar-refractivity contribution in [2.24, 2.45) is 4.99 Å². The van der Waals surface area contributed by atoms with E-state index >= 15 is 0 Å². The summed E-state index contributed by atoms with van der Waals surface area (Å²) < 4.78 is 5.72. The number of hydrogen-bond acceptors (Lipinski definition) is 4. The van der Waals surface area contributed by atoms with Crippen molar-refractivity contribution in [2.75, 3.05) is 19.6 Å². The molecule has 0 saturated carbocycles. The van der Waals surface area contributed by atoms with Crippen LogP contribution in [0, 0.1) is 0 Å². The van der Waals surface area contributed by atoms with Gasteiger partial charge in [0.25, 0.3) is 5.91 Å². The highest BCUT2D eigenvalue weighted by atomic mass is 127. The zero-order valence-electron chi connectivity index (χ0n) is 17.8. The van der Waals surface area contributed by atoms with Crippen LogP contribution >= 0.6 is 35.3 Å². The number of benzene rings is 1. The Morgan fingerprint density at radius 2 is 1.83 bits per heavy atom. The molecule has 1 aromatic heterocycles. The average Bonchev–Trinajstić information content (AvgIpc) is 3.23. The molecule has 30 heavy (non-hydrogen) atoms. The minimum atomic E-state index is 0. The van der Waals surface area contributed by atoms with E-state index in [4.69, 9.17) is 4.74 Å². The molecule has 0 radical (unpaired) electrons. The number of ether oxygens (including phenoxy) is 1. The van der Waals surface area contributed by atoms with E-state index in [1.807, 2.05) is 43.0 Å². The first-order valence-corrected chi connectivity index (χ1v) is 11.1. The van der Waals surface area contributed by atoms with Gasteiger partial charge in [0, 0.05) is 31.7 Å². The molecule has 1 aliphatic rings. The molecule has 1 aromatic carbocycles. The van der Waals surface area contributed by atoms with Gasteiger partial charge in [-0.2, -0.15) is 11.3 Å². The SMILES string of the molecule is CCNC(=NCc1ccsc1)NCc1ccc(C(=O)N2CC(C)OC(C)C2)cc1.I. The second kappa shape index (κ2) is 12.3. The highest BCUT2D eigenvalue weighted by Gasteiger charge is 2.26. The van der Waals surface area contributed by atoms with Crippen LogP contribution in [0.3, 0.4) is 0 Å². The van der Waals surface area contributed by atoms with Gasteiger partial charge in [-0.15, -0.1) is 24.0 Å². The molecule has 0 spiro atoms. The van der Waals surface area contributed by atoms with Crippen molar-refractivity contribution in [1.29, 1.82) is 0 Å². The lowest BCUT2D eigenvalue weighted by Gasteiger charge is -2.35. The molecule has 2 heterocycles. The first-order valence-electron chi connectivity index (χ1n) is 10.1. The fraction of sp³-hybridized carbons (Fsp3) is 0.455. The molecule has 1 amide bonds. The van der Waals surface area contributed by atoms with Crippen molar-refractivity contribution in [3.8, 4) is 0 Å². The van der Waals surface area contributed by atoms with Crippen molar-refractivity contribution in [2.45, 2.75) is 46.1 Å². The van der Waals surface area contributed by atoms with Gasteiger partial charge in [-0.3, -0.25) is 4.79 Å². The molecule has 2 unspecified atom stereocenters. The second-order valence-corrected chi connectivity index (χ2v) is 8.12. The zero-order chi connectivity index (χ0) is 20.6. The first-order chi connectivity index (χ1) is 14.0. The topological polar surface area (TPSA) is 66.0 Å². The van der Waals surface area contributed by atoms with E-state index in [1.165, 1.54) is 5.56 Å². The Bertz CT molecular complexity index is 801. The van der Waals surface area contributed by atoms with Crippen LogP contribution in [0.5, 0.6) is 0 Å². The van der Waals surface area contributed by atoms with Crippen LogP contribution in [-0.2, 0) is 17.8 Å². The fourth-order valence-corrected chi connectivity index (χ4v) is 4.03. The number of aliphatic imine (C=N–C) groups is 1. The number of nitrogens with zero attached hydrogens (tertiary/aromatic N) is 2. The summed E-state index contributed by atoms with van der Waals surface area (Å²) in [5.41, 5.74) is 3.03. The van der Waals surface area contributed by atoms with Crippen LogP contribution < -0.4 is 10.6 Å². The van der Waals surface area contributed by atoms with Crippen LogP contribution in [0.15, 0.2) is 46.1 Å². The van der Waals surface area contributed by atoms with E-state index in [0.29, 0.717) is 31.7 Å². The predicted octanol–water partition coefficient (Wildman–Crippen LogP) is 3.87. The van der Waals surface area contributed by atoms with Crippen LogP contribution in [0.25, 0.3) is 0 Å². The van der Waals surface area contributed by atoms with E-state index in [9.17, 15) is 4.79 Å². The Morgan fingerprint density at radius 3 is 2.43 bits per heavy atom. The summed E-state index contributed by atoms with van der Waals surface area (Å²) in [6, 6.07) is 9.88. The van der Waals surface area contributed by atoms with Gasteiger partial charge in [-0.1, -0.05) is 12.1 Å². The lowest BCUT2D eigenvalue weighted by atomic mass is 10.1. The molecule has 1 fully saturated rings. The summed E-state index contributed by atoms with van der Waals surface area (Å²) in [6.45, 7) is 9.45. The van der Waals surface area contributed by atoms with Gasteiger partial charge in [0.1, 0.15) is 0 Å². The van der Waals surface area contributed by atoms with E-state index in [-0.39, 0.29) is 42.1 Å². The average molecular weight is 542 g/mol. The number of hydrogen-bond donors (Lipinski definition) is 2. The molecule has 0 aliphatic carbocycles. The van der Waals surface area contributed by atoms with Crippen LogP contribution in [-0.4, -0.2) is 48.6 Å². The summed E-state index contributed by atoms with van der Waals surface area (Å²) in [7, 11) is 0. The van der Waals surface area contributed by atoms with Gasteiger partial charge >= 0.3 is 0 Å². The maximum Gasteiger partial charge on any atom is 0.254 e. The molecule has 2 atom stereocenters. The zero-order valence-corrected chi connectivity index (χ0v) is 20.9. The van der Waals surface area contributed by atoms with Crippen molar-refractivity contribution >= 4 is 47.2 Å². The number of thiophene rings is 1. The van der Waals surface area contributed by atoms with Crippen LogP contribution in [0.4, 0.5) is 0 Å². The molecule has 0 bridgehead atoms. The molecular formula is C22H31IN4O2S. The maximum absolute atomic E-state index is 12.8. The molecular weight excluding hydrogens is 511 g/mol. The summed E-state index contributed by atoms with van der Waals surface area (Å²) in [5.74, 6) is 0.854. The second-order valence-electron chi connectivity index (χ2n) is 7.34. The monoisotopic (exact) mass is 542 g/mol. The Labute approximate surface area is 200 Å². The molecule has 1 aliphatic heterocycles. The third kappa shape index (κ3) is 7.24. The predicted molar refractivity (Wildman–Crippen MR) is 134 cm³/mol. The molecule has 6 nitrogen and oxygen atoms in total. The van der Waals surface area contributed by atoms with Gasteiger partial charge in [-0.05, 0) is 60.9 Å².